The molecule has 0 saturated carbocycles. The van der Waals surface area contributed by atoms with Crippen LogP contribution in [0.2, 0.25) is 0 Å². The molecule has 3 heterocycles. The fraction of sp³-hybridized carbons (Fsp3) is 0.333. The topological polar surface area (TPSA) is 59.7 Å². The van der Waals surface area contributed by atoms with Crippen LogP contribution in [-0.2, 0) is 0 Å². The molecule has 0 spiro atoms. The van der Waals surface area contributed by atoms with Crippen LogP contribution in [0, 0.1) is 11.6 Å². The summed E-state index contributed by atoms with van der Waals surface area (Å²) >= 11 is 0. The molecule has 1 aromatic carbocycles. The van der Waals surface area contributed by atoms with Crippen molar-refractivity contribution in [3.8, 4) is 0 Å². The van der Waals surface area contributed by atoms with Crippen LogP contribution in [0.25, 0.3) is 10.9 Å². The van der Waals surface area contributed by atoms with E-state index in [1.807, 2.05) is 4.68 Å². The van der Waals surface area contributed by atoms with Crippen molar-refractivity contribution in [2.75, 3.05) is 18.0 Å². The average Bonchev–Trinajstić information content (AvgIpc) is 3.10. The van der Waals surface area contributed by atoms with Gasteiger partial charge in [-0.2, -0.15) is 5.10 Å². The molecule has 0 N–H and O–H groups in total. The fourth-order valence-corrected chi connectivity index (χ4v) is 3.04. The lowest BCUT2D eigenvalue weighted by atomic mass is 10.0. The predicted molar refractivity (Wildman–Crippen MR) is 80.0 cm³/mol. The molecule has 6 nitrogen and oxygen atoms in total. The third kappa shape index (κ3) is 2.49. The second-order valence-electron chi connectivity index (χ2n) is 5.57. The molecule has 0 amide bonds. The zero-order chi connectivity index (χ0) is 15.8. The number of hydrogen-bond donors (Lipinski definition) is 0. The van der Waals surface area contributed by atoms with Gasteiger partial charge in [0.25, 0.3) is 0 Å². The number of rotatable bonds is 2. The van der Waals surface area contributed by atoms with E-state index >= 15 is 0 Å². The minimum Gasteiger partial charge on any atom is -0.356 e. The normalized spacial score (nSPS) is 16.2. The van der Waals surface area contributed by atoms with Gasteiger partial charge in [-0.25, -0.2) is 28.4 Å². The van der Waals surface area contributed by atoms with Gasteiger partial charge in [0.05, 0.1) is 11.6 Å². The summed E-state index contributed by atoms with van der Waals surface area (Å²) in [5.41, 5.74) is 0.410. The zero-order valence-electron chi connectivity index (χ0n) is 12.2. The molecule has 4 rings (SSSR count). The number of hydrogen-bond acceptors (Lipinski definition) is 5. The Bertz CT molecular complexity index is 827. The highest BCUT2D eigenvalue weighted by atomic mass is 19.2. The Morgan fingerprint density at radius 2 is 1.78 bits per heavy atom. The van der Waals surface area contributed by atoms with E-state index in [1.165, 1.54) is 18.7 Å². The van der Waals surface area contributed by atoms with Crippen molar-refractivity contribution in [1.82, 2.24) is 24.7 Å². The number of nitrogens with zero attached hydrogens (tertiary/aromatic N) is 6. The number of piperidine rings is 1. The first kappa shape index (κ1) is 14.0. The highest BCUT2D eigenvalue weighted by molar-refractivity contribution is 5.89. The van der Waals surface area contributed by atoms with Crippen molar-refractivity contribution < 1.29 is 8.78 Å². The highest BCUT2D eigenvalue weighted by Gasteiger charge is 2.23. The first-order chi connectivity index (χ1) is 11.2. The van der Waals surface area contributed by atoms with Crippen LogP contribution in [0.15, 0.2) is 31.1 Å². The number of halogens is 2. The van der Waals surface area contributed by atoms with Crippen LogP contribution in [0.3, 0.4) is 0 Å². The summed E-state index contributed by atoms with van der Waals surface area (Å²) < 4.78 is 28.8. The third-order valence-corrected chi connectivity index (χ3v) is 4.23. The van der Waals surface area contributed by atoms with Gasteiger partial charge in [-0.15, -0.1) is 0 Å². The van der Waals surface area contributed by atoms with Crippen molar-refractivity contribution in [2.24, 2.45) is 0 Å². The molecule has 23 heavy (non-hydrogen) atoms. The van der Waals surface area contributed by atoms with Gasteiger partial charge in [-0.3, -0.25) is 0 Å². The lowest BCUT2D eigenvalue weighted by molar-refractivity contribution is 0.365. The minimum absolute atomic E-state index is 0.302. The van der Waals surface area contributed by atoms with Crippen LogP contribution < -0.4 is 4.90 Å². The minimum atomic E-state index is -0.896. The molecule has 118 valence electrons. The first-order valence-electron chi connectivity index (χ1n) is 7.41. The van der Waals surface area contributed by atoms with Crippen LogP contribution in [-0.4, -0.2) is 37.8 Å². The summed E-state index contributed by atoms with van der Waals surface area (Å²) in [4.78, 5) is 14.4. The van der Waals surface area contributed by atoms with Crippen LogP contribution >= 0.6 is 0 Å². The molecule has 0 radical (unpaired) electrons. The Kier molecular flexibility index (Phi) is 3.36. The summed E-state index contributed by atoms with van der Waals surface area (Å²) in [5.74, 6) is -1.14. The number of benzene rings is 1. The Balaban J connectivity index is 1.62. The van der Waals surface area contributed by atoms with Gasteiger partial charge < -0.3 is 4.90 Å². The van der Waals surface area contributed by atoms with Crippen LogP contribution in [0.4, 0.5) is 14.6 Å². The van der Waals surface area contributed by atoms with Crippen molar-refractivity contribution >= 4 is 16.7 Å². The monoisotopic (exact) mass is 316 g/mol. The predicted octanol–water partition coefficient (Wildman–Crippen LogP) is 2.34. The molecule has 0 bridgehead atoms. The van der Waals surface area contributed by atoms with E-state index in [1.54, 1.807) is 6.33 Å². The Morgan fingerprint density at radius 1 is 1.00 bits per heavy atom. The lowest BCUT2D eigenvalue weighted by Crippen LogP contribution is -2.35. The molecule has 3 aromatic rings. The third-order valence-electron chi connectivity index (χ3n) is 4.23. The summed E-state index contributed by atoms with van der Waals surface area (Å²) in [6.07, 6.45) is 6.41. The second-order valence-corrected chi connectivity index (χ2v) is 5.57. The molecule has 1 fully saturated rings. The molecule has 0 aliphatic carbocycles. The van der Waals surface area contributed by atoms with Crippen molar-refractivity contribution in [3.63, 3.8) is 0 Å². The first-order valence-corrected chi connectivity index (χ1v) is 7.41. The second kappa shape index (κ2) is 5.53. The molecular weight excluding hydrogens is 302 g/mol. The van der Waals surface area contributed by atoms with E-state index in [4.69, 9.17) is 0 Å². The van der Waals surface area contributed by atoms with Gasteiger partial charge in [0.2, 0.25) is 0 Å². The molecule has 0 atom stereocenters. The van der Waals surface area contributed by atoms with Crippen molar-refractivity contribution in [1.29, 1.82) is 0 Å². The molecule has 1 saturated heterocycles. The summed E-state index contributed by atoms with van der Waals surface area (Å²) in [6.45, 7) is 1.52. The van der Waals surface area contributed by atoms with Gasteiger partial charge in [0.1, 0.15) is 24.8 Å². The summed E-state index contributed by atoms with van der Waals surface area (Å²) in [7, 11) is 0. The van der Waals surface area contributed by atoms with E-state index in [-0.39, 0.29) is 0 Å². The van der Waals surface area contributed by atoms with Gasteiger partial charge in [-0.1, -0.05) is 0 Å². The largest absolute Gasteiger partial charge is 0.356 e. The maximum absolute atomic E-state index is 13.6. The van der Waals surface area contributed by atoms with Crippen molar-refractivity contribution in [3.05, 3.63) is 42.7 Å². The number of fused-ring (bicyclic) bond motifs is 1. The number of aromatic nitrogens is 5. The smallest absolute Gasteiger partial charge is 0.161 e. The van der Waals surface area contributed by atoms with E-state index in [2.05, 4.69) is 25.0 Å². The van der Waals surface area contributed by atoms with E-state index in [9.17, 15) is 8.78 Å². The molecular formula is C15H14F2N6. The molecule has 0 unspecified atom stereocenters. The van der Waals surface area contributed by atoms with Gasteiger partial charge in [0.15, 0.2) is 11.6 Å². The molecule has 1 aliphatic heterocycles. The molecule has 2 aromatic heterocycles. The lowest BCUT2D eigenvalue weighted by Gasteiger charge is -2.33. The molecule has 8 heteroatoms. The average molecular weight is 316 g/mol. The van der Waals surface area contributed by atoms with Crippen LogP contribution in [0.1, 0.15) is 18.9 Å². The van der Waals surface area contributed by atoms with Gasteiger partial charge in [0, 0.05) is 24.5 Å². The standard InChI is InChI=1S/C15H14F2N6/c16-12-5-11-14(6-13(12)17)19-8-20-15(11)22-3-1-10(2-4-22)23-9-18-7-21-23/h5-10H,1-4H2. The van der Waals surface area contributed by atoms with Gasteiger partial charge >= 0.3 is 0 Å². The quantitative estimate of drug-likeness (QED) is 0.726. The summed E-state index contributed by atoms with van der Waals surface area (Å²) in [5, 5.41) is 4.71. The number of anilines is 1. The maximum atomic E-state index is 13.6. The van der Waals surface area contributed by atoms with Crippen molar-refractivity contribution in [2.45, 2.75) is 18.9 Å². The summed E-state index contributed by atoms with van der Waals surface area (Å²) in [6, 6.07) is 2.58. The maximum Gasteiger partial charge on any atom is 0.161 e. The zero-order valence-corrected chi connectivity index (χ0v) is 12.2. The van der Waals surface area contributed by atoms with E-state index in [0.717, 1.165) is 32.0 Å². The fourth-order valence-electron chi connectivity index (χ4n) is 3.04. The van der Waals surface area contributed by atoms with E-state index < -0.39 is 11.6 Å². The Labute approximate surface area is 130 Å². The molecule has 1 aliphatic rings. The van der Waals surface area contributed by atoms with Gasteiger partial charge in [-0.05, 0) is 18.9 Å². The van der Waals surface area contributed by atoms with Crippen LogP contribution in [0.5, 0.6) is 0 Å². The Hall–Kier alpha value is -2.64. The Morgan fingerprint density at radius 3 is 2.52 bits per heavy atom. The van der Waals surface area contributed by atoms with E-state index in [0.29, 0.717) is 22.8 Å². The SMILES string of the molecule is Fc1cc2ncnc(N3CCC(n4cncn4)CC3)c2cc1F. The highest BCUT2D eigenvalue weighted by Crippen LogP contribution is 2.29.